The summed E-state index contributed by atoms with van der Waals surface area (Å²) in [6.07, 6.45) is 4.12. The van der Waals surface area contributed by atoms with E-state index in [-0.39, 0.29) is 23.7 Å². The first-order valence-corrected chi connectivity index (χ1v) is 7.17. The Kier molecular flexibility index (Phi) is 3.87. The Morgan fingerprint density at radius 2 is 1.43 bits per heavy atom. The second kappa shape index (κ2) is 5.96. The van der Waals surface area contributed by atoms with Crippen molar-refractivity contribution >= 4 is 5.97 Å². The summed E-state index contributed by atoms with van der Waals surface area (Å²) in [6, 6.07) is 20.5. The van der Waals surface area contributed by atoms with Gasteiger partial charge in [-0.15, -0.1) is 0 Å². The lowest BCUT2D eigenvalue weighted by atomic mass is 9.79. The van der Waals surface area contributed by atoms with Gasteiger partial charge in [0, 0.05) is 11.8 Å². The molecule has 1 aliphatic rings. The molecule has 0 bridgehead atoms. The van der Waals surface area contributed by atoms with Crippen molar-refractivity contribution in [2.75, 3.05) is 7.11 Å². The fourth-order valence-electron chi connectivity index (χ4n) is 3.15. The molecule has 0 heterocycles. The summed E-state index contributed by atoms with van der Waals surface area (Å²) in [4.78, 5) is 12.1. The predicted octanol–water partition coefficient (Wildman–Crippen LogP) is 3.91. The molecule has 2 aromatic carbocycles. The fourth-order valence-corrected chi connectivity index (χ4v) is 3.15. The average molecular weight is 278 g/mol. The van der Waals surface area contributed by atoms with E-state index in [9.17, 15) is 4.79 Å². The first-order valence-electron chi connectivity index (χ1n) is 7.17. The molecule has 3 rings (SSSR count). The van der Waals surface area contributed by atoms with E-state index in [1.165, 1.54) is 18.2 Å². The second-order valence-electron chi connectivity index (χ2n) is 5.31. The van der Waals surface area contributed by atoms with Crippen molar-refractivity contribution in [3.05, 3.63) is 83.9 Å². The maximum atomic E-state index is 12.1. The zero-order valence-corrected chi connectivity index (χ0v) is 12.0. The number of hydrogen-bond donors (Lipinski definition) is 0. The van der Waals surface area contributed by atoms with Gasteiger partial charge in [0.1, 0.15) is 0 Å². The molecule has 0 saturated heterocycles. The summed E-state index contributed by atoms with van der Waals surface area (Å²) < 4.78 is 4.98. The van der Waals surface area contributed by atoms with E-state index in [4.69, 9.17) is 4.74 Å². The molecule has 21 heavy (non-hydrogen) atoms. The van der Waals surface area contributed by atoms with Crippen molar-refractivity contribution in [1.29, 1.82) is 0 Å². The van der Waals surface area contributed by atoms with Crippen LogP contribution in [0.2, 0.25) is 0 Å². The quantitative estimate of drug-likeness (QED) is 0.628. The molecule has 2 nitrogen and oxygen atoms in total. The van der Waals surface area contributed by atoms with E-state index in [2.05, 4.69) is 30.3 Å². The molecule has 0 saturated carbocycles. The SMILES string of the molecule is COC(=O)C1C=CC(c2ccccc2)C1c1ccccc1. The van der Waals surface area contributed by atoms with Gasteiger partial charge in [-0.05, 0) is 11.1 Å². The van der Waals surface area contributed by atoms with Crippen molar-refractivity contribution in [3.8, 4) is 0 Å². The van der Waals surface area contributed by atoms with Gasteiger partial charge in [0.2, 0.25) is 0 Å². The van der Waals surface area contributed by atoms with Gasteiger partial charge in [-0.2, -0.15) is 0 Å². The molecule has 2 heteroatoms. The number of ether oxygens (including phenoxy) is 1. The van der Waals surface area contributed by atoms with Crippen LogP contribution in [-0.2, 0) is 9.53 Å². The maximum absolute atomic E-state index is 12.1. The summed E-state index contributed by atoms with van der Waals surface area (Å²) in [7, 11) is 1.45. The highest BCUT2D eigenvalue weighted by Gasteiger charge is 2.38. The van der Waals surface area contributed by atoms with Gasteiger partial charge in [0.05, 0.1) is 13.0 Å². The number of carbonyl (C=O) groups excluding carboxylic acids is 1. The van der Waals surface area contributed by atoms with E-state index in [1.807, 2.05) is 42.5 Å². The van der Waals surface area contributed by atoms with Crippen LogP contribution in [0.3, 0.4) is 0 Å². The highest BCUT2D eigenvalue weighted by Crippen LogP contribution is 2.45. The Bertz CT molecular complexity index is 631. The first-order chi connectivity index (χ1) is 10.3. The number of benzene rings is 2. The third kappa shape index (κ3) is 2.62. The second-order valence-corrected chi connectivity index (χ2v) is 5.31. The van der Waals surface area contributed by atoms with E-state index < -0.39 is 0 Å². The van der Waals surface area contributed by atoms with Crippen molar-refractivity contribution in [3.63, 3.8) is 0 Å². The van der Waals surface area contributed by atoms with Crippen LogP contribution in [0.15, 0.2) is 72.8 Å². The molecule has 2 aromatic rings. The van der Waals surface area contributed by atoms with Gasteiger partial charge in [0.15, 0.2) is 0 Å². The molecule has 0 amide bonds. The van der Waals surface area contributed by atoms with Crippen molar-refractivity contribution in [2.24, 2.45) is 5.92 Å². The highest BCUT2D eigenvalue weighted by molar-refractivity contribution is 5.77. The number of methoxy groups -OCH3 is 1. The van der Waals surface area contributed by atoms with Crippen molar-refractivity contribution < 1.29 is 9.53 Å². The van der Waals surface area contributed by atoms with E-state index in [0.29, 0.717) is 0 Å². The predicted molar refractivity (Wildman–Crippen MR) is 83.0 cm³/mol. The van der Waals surface area contributed by atoms with Crippen LogP contribution >= 0.6 is 0 Å². The largest absolute Gasteiger partial charge is 0.469 e. The van der Waals surface area contributed by atoms with Crippen LogP contribution in [0, 0.1) is 5.92 Å². The minimum absolute atomic E-state index is 0.0982. The van der Waals surface area contributed by atoms with Gasteiger partial charge in [-0.25, -0.2) is 0 Å². The van der Waals surface area contributed by atoms with Crippen LogP contribution in [0.25, 0.3) is 0 Å². The molecule has 0 aliphatic heterocycles. The molecule has 0 N–H and O–H groups in total. The highest BCUT2D eigenvalue weighted by atomic mass is 16.5. The molecule has 0 aromatic heterocycles. The first kappa shape index (κ1) is 13.6. The third-order valence-corrected chi connectivity index (χ3v) is 4.14. The molecule has 3 unspecified atom stereocenters. The Labute approximate surface area is 125 Å². The van der Waals surface area contributed by atoms with Crippen LogP contribution in [0.4, 0.5) is 0 Å². The summed E-state index contributed by atoms with van der Waals surface area (Å²) >= 11 is 0. The Morgan fingerprint density at radius 1 is 0.857 bits per heavy atom. The van der Waals surface area contributed by atoms with Gasteiger partial charge in [-0.1, -0.05) is 72.8 Å². The number of esters is 1. The molecular weight excluding hydrogens is 260 g/mol. The fraction of sp³-hybridized carbons (Fsp3) is 0.211. The smallest absolute Gasteiger partial charge is 0.313 e. The Balaban J connectivity index is 2.01. The summed E-state index contributed by atoms with van der Waals surface area (Å²) in [5, 5.41) is 0. The van der Waals surface area contributed by atoms with Crippen molar-refractivity contribution in [1.82, 2.24) is 0 Å². The number of rotatable bonds is 3. The van der Waals surface area contributed by atoms with E-state index in [1.54, 1.807) is 0 Å². The maximum Gasteiger partial charge on any atom is 0.313 e. The number of hydrogen-bond acceptors (Lipinski definition) is 2. The summed E-state index contributed by atoms with van der Waals surface area (Å²) in [6.45, 7) is 0. The number of allylic oxidation sites excluding steroid dienone is 1. The standard InChI is InChI=1S/C19H18O2/c1-21-19(20)17-13-12-16(14-8-4-2-5-9-14)18(17)15-10-6-3-7-11-15/h2-13,16-18H,1H3. The minimum atomic E-state index is -0.220. The van der Waals surface area contributed by atoms with E-state index >= 15 is 0 Å². The lowest BCUT2D eigenvalue weighted by Crippen LogP contribution is -2.22. The van der Waals surface area contributed by atoms with Gasteiger partial charge in [-0.3, -0.25) is 4.79 Å². The molecule has 0 radical (unpaired) electrons. The normalized spacial score (nSPS) is 24.0. The van der Waals surface area contributed by atoms with Gasteiger partial charge < -0.3 is 4.74 Å². The average Bonchev–Trinajstić information content (AvgIpc) is 3.00. The molecule has 3 atom stereocenters. The van der Waals surface area contributed by atoms with Crippen LogP contribution in [0.5, 0.6) is 0 Å². The molecule has 0 fully saturated rings. The zero-order valence-electron chi connectivity index (χ0n) is 12.0. The van der Waals surface area contributed by atoms with Gasteiger partial charge in [0.25, 0.3) is 0 Å². The number of carbonyl (C=O) groups is 1. The Morgan fingerprint density at radius 3 is 2.00 bits per heavy atom. The third-order valence-electron chi connectivity index (χ3n) is 4.14. The molecule has 106 valence electrons. The topological polar surface area (TPSA) is 26.3 Å². The van der Waals surface area contributed by atoms with Crippen molar-refractivity contribution in [2.45, 2.75) is 11.8 Å². The molecular formula is C19H18O2. The lowest BCUT2D eigenvalue weighted by Gasteiger charge is -2.24. The minimum Gasteiger partial charge on any atom is -0.469 e. The van der Waals surface area contributed by atoms with Crippen LogP contribution < -0.4 is 0 Å². The van der Waals surface area contributed by atoms with E-state index in [0.717, 1.165) is 0 Å². The van der Waals surface area contributed by atoms with Gasteiger partial charge >= 0.3 is 5.97 Å². The summed E-state index contributed by atoms with van der Waals surface area (Å²) in [5.74, 6) is -0.0834. The lowest BCUT2D eigenvalue weighted by molar-refractivity contribution is -0.144. The Hall–Kier alpha value is -2.35. The monoisotopic (exact) mass is 278 g/mol. The molecule has 0 spiro atoms. The molecule has 1 aliphatic carbocycles. The van der Waals surface area contributed by atoms with Crippen LogP contribution in [0.1, 0.15) is 23.0 Å². The summed E-state index contributed by atoms with van der Waals surface area (Å²) in [5.41, 5.74) is 2.40. The zero-order chi connectivity index (χ0) is 14.7. The van der Waals surface area contributed by atoms with Crippen LogP contribution in [-0.4, -0.2) is 13.1 Å².